The van der Waals surface area contributed by atoms with E-state index in [0.717, 1.165) is 4.90 Å². The Balaban J connectivity index is 1.99. The average molecular weight is 292 g/mol. The molecule has 4 heteroatoms. The Hall–Kier alpha value is -1.45. The van der Waals surface area contributed by atoms with Gasteiger partial charge in [0.05, 0.1) is 16.0 Å². The van der Waals surface area contributed by atoms with E-state index >= 15 is 0 Å². The number of nitrogens with one attached hydrogen (secondary N) is 1. The molecule has 98 valence electrons. The Kier molecular flexibility index (Phi) is 4.88. The molecule has 2 nitrogen and oxygen atoms in total. The van der Waals surface area contributed by atoms with Gasteiger partial charge in [0.15, 0.2) is 0 Å². The summed E-state index contributed by atoms with van der Waals surface area (Å²) in [5, 5.41) is 3.21. The summed E-state index contributed by atoms with van der Waals surface area (Å²) in [5.74, 6) is -0.0537. The zero-order valence-electron chi connectivity index (χ0n) is 10.5. The first kappa shape index (κ1) is 14.0. The number of thioether (sulfide) groups is 1. The van der Waals surface area contributed by atoms with Crippen LogP contribution < -0.4 is 5.32 Å². The van der Waals surface area contributed by atoms with Crippen molar-refractivity contribution in [3.05, 3.63) is 59.6 Å². The van der Waals surface area contributed by atoms with E-state index in [0.29, 0.717) is 10.7 Å². The summed E-state index contributed by atoms with van der Waals surface area (Å²) < 4.78 is 0. The van der Waals surface area contributed by atoms with Crippen LogP contribution in [0, 0.1) is 0 Å². The predicted octanol–water partition coefficient (Wildman–Crippen LogP) is 4.46. The van der Waals surface area contributed by atoms with E-state index in [1.807, 2.05) is 49.4 Å². The number of halogens is 1. The average Bonchev–Trinajstić information content (AvgIpc) is 2.42. The van der Waals surface area contributed by atoms with Gasteiger partial charge in [-0.05, 0) is 31.2 Å². The van der Waals surface area contributed by atoms with E-state index in [1.165, 1.54) is 11.8 Å². The van der Waals surface area contributed by atoms with Crippen molar-refractivity contribution < 1.29 is 4.79 Å². The van der Waals surface area contributed by atoms with Gasteiger partial charge in [0.25, 0.3) is 0 Å². The SMILES string of the molecule is C[C@@H](Sc1ccccc1)C(=O)Nc1ccccc1Cl. The summed E-state index contributed by atoms with van der Waals surface area (Å²) in [6, 6.07) is 17.1. The van der Waals surface area contributed by atoms with Crippen molar-refractivity contribution in [1.82, 2.24) is 0 Å². The van der Waals surface area contributed by atoms with E-state index in [-0.39, 0.29) is 11.2 Å². The lowest BCUT2D eigenvalue weighted by Gasteiger charge is -2.12. The minimum atomic E-state index is -0.182. The molecule has 19 heavy (non-hydrogen) atoms. The van der Waals surface area contributed by atoms with Gasteiger partial charge >= 0.3 is 0 Å². The number of carbonyl (C=O) groups excluding carboxylic acids is 1. The third kappa shape index (κ3) is 4.01. The highest BCUT2D eigenvalue weighted by Gasteiger charge is 2.15. The van der Waals surface area contributed by atoms with E-state index in [2.05, 4.69) is 5.32 Å². The molecule has 0 saturated heterocycles. The van der Waals surface area contributed by atoms with Crippen LogP contribution in [0.4, 0.5) is 5.69 Å². The largest absolute Gasteiger partial charge is 0.324 e. The lowest BCUT2D eigenvalue weighted by atomic mass is 10.3. The standard InChI is InChI=1S/C15H14ClNOS/c1-11(19-12-7-3-2-4-8-12)15(18)17-14-10-6-5-9-13(14)16/h2-11H,1H3,(H,17,18)/t11-/m1/s1. The fraction of sp³-hybridized carbons (Fsp3) is 0.133. The van der Waals surface area contributed by atoms with Gasteiger partial charge < -0.3 is 5.32 Å². The molecule has 0 aliphatic carbocycles. The highest BCUT2D eigenvalue weighted by Crippen LogP contribution is 2.25. The molecule has 0 radical (unpaired) electrons. The van der Waals surface area contributed by atoms with Crippen molar-refractivity contribution in [3.63, 3.8) is 0 Å². The fourth-order valence-electron chi connectivity index (χ4n) is 1.55. The Labute approximate surface area is 122 Å². The summed E-state index contributed by atoms with van der Waals surface area (Å²) in [6.45, 7) is 1.88. The smallest absolute Gasteiger partial charge is 0.237 e. The van der Waals surface area contributed by atoms with Gasteiger partial charge in [0, 0.05) is 4.90 Å². The lowest BCUT2D eigenvalue weighted by molar-refractivity contribution is -0.115. The molecule has 0 fully saturated rings. The number of amides is 1. The van der Waals surface area contributed by atoms with Gasteiger partial charge in [0.1, 0.15) is 0 Å². The van der Waals surface area contributed by atoms with Crippen LogP contribution in [0.5, 0.6) is 0 Å². The van der Waals surface area contributed by atoms with E-state index in [4.69, 9.17) is 11.6 Å². The number of anilines is 1. The maximum absolute atomic E-state index is 12.1. The summed E-state index contributed by atoms with van der Waals surface area (Å²) in [5.41, 5.74) is 0.648. The summed E-state index contributed by atoms with van der Waals surface area (Å²) in [7, 11) is 0. The molecule has 1 amide bonds. The maximum atomic E-state index is 12.1. The summed E-state index contributed by atoms with van der Waals surface area (Å²) >= 11 is 7.53. The predicted molar refractivity (Wildman–Crippen MR) is 81.8 cm³/mol. The molecule has 0 saturated carbocycles. The molecule has 0 unspecified atom stereocenters. The minimum Gasteiger partial charge on any atom is -0.324 e. The van der Waals surface area contributed by atoms with Crippen molar-refractivity contribution >= 4 is 35.0 Å². The molecule has 0 heterocycles. The zero-order chi connectivity index (χ0) is 13.7. The normalized spacial score (nSPS) is 11.9. The highest BCUT2D eigenvalue weighted by molar-refractivity contribution is 8.00. The fourth-order valence-corrected chi connectivity index (χ4v) is 2.63. The van der Waals surface area contributed by atoms with Crippen molar-refractivity contribution in [2.75, 3.05) is 5.32 Å². The van der Waals surface area contributed by atoms with E-state index in [1.54, 1.807) is 12.1 Å². The first-order valence-corrected chi connectivity index (χ1v) is 7.19. The van der Waals surface area contributed by atoms with Crippen LogP contribution >= 0.6 is 23.4 Å². The van der Waals surface area contributed by atoms with Crippen molar-refractivity contribution in [2.45, 2.75) is 17.1 Å². The molecule has 0 aliphatic heterocycles. The molecule has 0 aliphatic rings. The second kappa shape index (κ2) is 6.64. The van der Waals surface area contributed by atoms with Crippen molar-refractivity contribution in [3.8, 4) is 0 Å². The third-order valence-corrected chi connectivity index (χ3v) is 4.00. The van der Waals surface area contributed by atoms with Crippen molar-refractivity contribution in [1.29, 1.82) is 0 Å². The maximum Gasteiger partial charge on any atom is 0.237 e. The van der Waals surface area contributed by atoms with Crippen LogP contribution in [0.25, 0.3) is 0 Å². The molecule has 0 aromatic heterocycles. The molecule has 1 atom stereocenters. The Bertz CT molecular complexity index is 559. The molecular weight excluding hydrogens is 278 g/mol. The zero-order valence-corrected chi connectivity index (χ0v) is 12.0. The van der Waals surface area contributed by atoms with Gasteiger partial charge in [0.2, 0.25) is 5.91 Å². The molecular formula is C15H14ClNOS. The monoisotopic (exact) mass is 291 g/mol. The number of para-hydroxylation sites is 1. The van der Waals surface area contributed by atoms with Gasteiger partial charge in [-0.2, -0.15) is 0 Å². The molecule has 0 spiro atoms. The number of carbonyl (C=O) groups is 1. The lowest BCUT2D eigenvalue weighted by Crippen LogP contribution is -2.22. The first-order valence-electron chi connectivity index (χ1n) is 5.94. The second-order valence-corrected chi connectivity index (χ2v) is 5.86. The number of hydrogen-bond acceptors (Lipinski definition) is 2. The van der Waals surface area contributed by atoms with Crippen LogP contribution in [-0.4, -0.2) is 11.2 Å². The van der Waals surface area contributed by atoms with Crippen LogP contribution in [0.2, 0.25) is 5.02 Å². The third-order valence-electron chi connectivity index (χ3n) is 2.56. The van der Waals surface area contributed by atoms with E-state index in [9.17, 15) is 4.79 Å². The second-order valence-electron chi connectivity index (χ2n) is 4.04. The quantitative estimate of drug-likeness (QED) is 0.843. The molecule has 2 aromatic rings. The Morgan fingerprint density at radius 2 is 1.74 bits per heavy atom. The topological polar surface area (TPSA) is 29.1 Å². The van der Waals surface area contributed by atoms with Gasteiger partial charge in [-0.25, -0.2) is 0 Å². The number of benzene rings is 2. The van der Waals surface area contributed by atoms with Crippen molar-refractivity contribution in [2.24, 2.45) is 0 Å². The molecule has 1 N–H and O–H groups in total. The summed E-state index contributed by atoms with van der Waals surface area (Å²) in [4.78, 5) is 13.2. The van der Waals surface area contributed by atoms with Gasteiger partial charge in [-0.3, -0.25) is 4.79 Å². The van der Waals surface area contributed by atoms with Crippen LogP contribution in [0.3, 0.4) is 0 Å². The van der Waals surface area contributed by atoms with Gasteiger partial charge in [-0.15, -0.1) is 11.8 Å². The van der Waals surface area contributed by atoms with Gasteiger partial charge in [-0.1, -0.05) is 41.9 Å². The minimum absolute atomic E-state index is 0.0537. The van der Waals surface area contributed by atoms with Crippen LogP contribution in [0.15, 0.2) is 59.5 Å². The molecule has 2 aromatic carbocycles. The van der Waals surface area contributed by atoms with E-state index < -0.39 is 0 Å². The number of rotatable bonds is 4. The number of hydrogen-bond donors (Lipinski definition) is 1. The molecule has 2 rings (SSSR count). The Morgan fingerprint density at radius 3 is 2.42 bits per heavy atom. The first-order chi connectivity index (χ1) is 9.16. The molecule has 0 bridgehead atoms. The Morgan fingerprint density at radius 1 is 1.11 bits per heavy atom. The van der Waals surface area contributed by atoms with Crippen LogP contribution in [-0.2, 0) is 4.79 Å². The summed E-state index contributed by atoms with van der Waals surface area (Å²) in [6.07, 6.45) is 0. The van der Waals surface area contributed by atoms with Crippen LogP contribution in [0.1, 0.15) is 6.92 Å². The highest BCUT2D eigenvalue weighted by atomic mass is 35.5.